The van der Waals surface area contributed by atoms with Gasteiger partial charge in [-0.15, -0.1) is 15.6 Å². The topological polar surface area (TPSA) is 65.7 Å². The summed E-state index contributed by atoms with van der Waals surface area (Å²) in [6, 6.07) is 18.6. The summed E-state index contributed by atoms with van der Waals surface area (Å²) >= 11 is 1.59. The number of aliphatic hydroxyl groups excluding tert-OH is 1. The Kier molecular flexibility index (Phi) is 6.38. The third-order valence-corrected chi connectivity index (χ3v) is 7.83. The van der Waals surface area contributed by atoms with Crippen LogP contribution in [0, 0.1) is 5.82 Å². The van der Waals surface area contributed by atoms with Gasteiger partial charge in [0.1, 0.15) is 24.0 Å². The van der Waals surface area contributed by atoms with Crippen molar-refractivity contribution in [3.05, 3.63) is 66.5 Å². The first kappa shape index (κ1) is 23.7. The summed E-state index contributed by atoms with van der Waals surface area (Å²) in [4.78, 5) is 5.68. The monoisotopic (exact) mass is 528 g/mol. The van der Waals surface area contributed by atoms with E-state index >= 15 is 4.39 Å². The lowest BCUT2D eigenvalue weighted by molar-refractivity contribution is 0.00776. The molecule has 10 heteroatoms. The van der Waals surface area contributed by atoms with Crippen LogP contribution in [0.25, 0.3) is 33.4 Å². The van der Waals surface area contributed by atoms with Crippen LogP contribution in [-0.4, -0.2) is 57.9 Å². The van der Waals surface area contributed by atoms with Gasteiger partial charge in [-0.05, 0) is 29.5 Å². The van der Waals surface area contributed by atoms with E-state index in [-0.39, 0.29) is 42.6 Å². The van der Waals surface area contributed by atoms with Crippen LogP contribution in [0.15, 0.2) is 65.6 Å². The van der Waals surface area contributed by atoms with Crippen molar-refractivity contribution in [1.82, 2.24) is 8.96 Å². The smallest absolute Gasteiger partial charge is 0.209 e. The average Bonchev–Trinajstić information content (AvgIpc) is 3.58. The van der Waals surface area contributed by atoms with Crippen molar-refractivity contribution >= 4 is 35.1 Å². The van der Waals surface area contributed by atoms with Crippen LogP contribution in [0.4, 0.5) is 8.28 Å². The van der Waals surface area contributed by atoms with E-state index in [1.807, 2.05) is 30.5 Å². The van der Waals surface area contributed by atoms with Gasteiger partial charge in [0.15, 0.2) is 24.3 Å². The lowest BCUT2D eigenvalue weighted by Gasteiger charge is -2.17. The highest BCUT2D eigenvalue weighted by Gasteiger charge is 2.48. The highest BCUT2D eigenvalue weighted by atomic mass is 32.2. The molecular formula is C26H22F2N2O4S2. The molecule has 36 heavy (non-hydrogen) atoms. The lowest BCUT2D eigenvalue weighted by atomic mass is 10.0. The molecule has 2 aliphatic rings. The number of rotatable bonds is 6. The van der Waals surface area contributed by atoms with Crippen LogP contribution in [0.2, 0.25) is 0 Å². The van der Waals surface area contributed by atoms with Gasteiger partial charge in [0.2, 0.25) is 5.88 Å². The SMILES string of the molecule is CSc1ccc(-c2ccc(-c3nc4cc(O[C@@H]5COC6[C@H](O)CO[C@@H]65)n(SF)c4cc3F)cc2)cc1. The van der Waals surface area contributed by atoms with Crippen molar-refractivity contribution in [2.45, 2.75) is 29.3 Å². The van der Waals surface area contributed by atoms with E-state index in [4.69, 9.17) is 14.2 Å². The van der Waals surface area contributed by atoms with Crippen LogP contribution >= 0.6 is 24.1 Å². The summed E-state index contributed by atoms with van der Waals surface area (Å²) in [5.74, 6) is -0.393. The normalized spacial score (nSPS) is 23.3. The van der Waals surface area contributed by atoms with Crippen LogP contribution in [0.3, 0.4) is 0 Å². The minimum absolute atomic E-state index is 0.0943. The summed E-state index contributed by atoms with van der Waals surface area (Å²) in [5.41, 5.74) is 3.52. The second-order valence-electron chi connectivity index (χ2n) is 8.69. The van der Waals surface area contributed by atoms with E-state index in [2.05, 4.69) is 29.2 Å². The fourth-order valence-corrected chi connectivity index (χ4v) is 5.51. The number of fused-ring (bicyclic) bond motifs is 2. The van der Waals surface area contributed by atoms with Gasteiger partial charge in [0.05, 0.1) is 24.2 Å². The van der Waals surface area contributed by atoms with Crippen molar-refractivity contribution < 1.29 is 27.6 Å². The Bertz CT molecular complexity index is 1400. The number of halogens is 2. The molecule has 2 saturated heterocycles. The zero-order valence-electron chi connectivity index (χ0n) is 19.1. The van der Waals surface area contributed by atoms with E-state index in [1.54, 1.807) is 17.8 Å². The molecular weight excluding hydrogens is 506 g/mol. The number of aromatic nitrogens is 2. The standard InChI is InChI=1S/C26H22F2N2O4S2/c1-35-17-8-6-15(7-9-17)14-2-4-16(5-3-14)24-18(27)10-20-19(29-24)11-23(30(20)36-28)34-22-13-33-25-21(31)12-32-26(22)25/h2-11,21-22,25-26,31H,12-13H2,1H3/t21-,22-,25?,26-/m1/s1. The van der Waals surface area contributed by atoms with Gasteiger partial charge in [-0.25, -0.2) is 13.3 Å². The maximum absolute atomic E-state index is 15.1. The van der Waals surface area contributed by atoms with E-state index in [0.717, 1.165) is 15.1 Å². The molecule has 2 fully saturated rings. The van der Waals surface area contributed by atoms with E-state index in [1.165, 1.54) is 11.0 Å². The molecule has 6 rings (SSSR count). The Labute approximate surface area is 215 Å². The minimum atomic E-state index is -0.718. The van der Waals surface area contributed by atoms with E-state index in [0.29, 0.717) is 11.1 Å². The molecule has 2 aromatic heterocycles. The van der Waals surface area contributed by atoms with E-state index in [9.17, 15) is 8.99 Å². The van der Waals surface area contributed by atoms with Gasteiger partial charge in [-0.2, -0.15) is 0 Å². The number of hydrogen-bond acceptors (Lipinski definition) is 7. The van der Waals surface area contributed by atoms with Crippen LogP contribution in [0.5, 0.6) is 5.88 Å². The lowest BCUT2D eigenvalue weighted by Crippen LogP contribution is -2.34. The zero-order valence-corrected chi connectivity index (χ0v) is 20.8. The Morgan fingerprint density at radius 2 is 1.64 bits per heavy atom. The quantitative estimate of drug-likeness (QED) is 0.331. The van der Waals surface area contributed by atoms with Gasteiger partial charge in [-0.3, -0.25) is 0 Å². The summed E-state index contributed by atoms with van der Waals surface area (Å²) in [6.45, 7) is 0.359. The Hall–Kier alpha value is -2.63. The van der Waals surface area contributed by atoms with Gasteiger partial charge in [-0.1, -0.05) is 36.4 Å². The molecule has 0 amide bonds. The summed E-state index contributed by atoms with van der Waals surface area (Å²) in [5, 5.41) is 9.94. The molecule has 0 radical (unpaired) electrons. The second-order valence-corrected chi connectivity index (χ2v) is 10.1. The van der Waals surface area contributed by atoms with E-state index < -0.39 is 30.2 Å². The Morgan fingerprint density at radius 1 is 0.972 bits per heavy atom. The summed E-state index contributed by atoms with van der Waals surface area (Å²) in [7, 11) is 0. The molecule has 1 unspecified atom stereocenters. The van der Waals surface area contributed by atoms with Crippen molar-refractivity contribution in [3.8, 4) is 28.3 Å². The maximum atomic E-state index is 15.1. The van der Waals surface area contributed by atoms with Crippen LogP contribution < -0.4 is 4.74 Å². The summed E-state index contributed by atoms with van der Waals surface area (Å²) in [6.07, 6.45) is -0.134. The molecule has 2 aliphatic heterocycles. The first-order valence-electron chi connectivity index (χ1n) is 11.4. The minimum Gasteiger partial charge on any atom is -0.469 e. The average molecular weight is 529 g/mol. The molecule has 2 aromatic carbocycles. The number of benzene rings is 2. The Balaban J connectivity index is 1.29. The predicted molar refractivity (Wildman–Crippen MR) is 136 cm³/mol. The number of thioether (sulfide) groups is 1. The zero-order chi connectivity index (χ0) is 24.8. The number of aliphatic hydroxyl groups is 1. The third-order valence-electron chi connectivity index (χ3n) is 6.57. The highest BCUT2D eigenvalue weighted by Crippen LogP contribution is 2.36. The first-order valence-corrected chi connectivity index (χ1v) is 13.3. The van der Waals surface area contributed by atoms with Crippen molar-refractivity contribution in [1.29, 1.82) is 0 Å². The van der Waals surface area contributed by atoms with Gasteiger partial charge < -0.3 is 19.3 Å². The molecule has 0 bridgehead atoms. The number of pyridine rings is 1. The first-order chi connectivity index (χ1) is 17.6. The van der Waals surface area contributed by atoms with Gasteiger partial charge >= 0.3 is 0 Å². The van der Waals surface area contributed by atoms with Crippen LogP contribution in [-0.2, 0) is 9.47 Å². The predicted octanol–water partition coefficient (Wildman–Crippen LogP) is 5.52. The molecule has 4 aromatic rings. The van der Waals surface area contributed by atoms with Crippen molar-refractivity contribution in [2.75, 3.05) is 19.5 Å². The molecule has 186 valence electrons. The van der Waals surface area contributed by atoms with Crippen LogP contribution in [0.1, 0.15) is 0 Å². The molecule has 4 heterocycles. The number of hydrogen-bond donors (Lipinski definition) is 1. The fraction of sp³-hybridized carbons (Fsp3) is 0.269. The molecule has 4 atom stereocenters. The molecule has 6 nitrogen and oxygen atoms in total. The highest BCUT2D eigenvalue weighted by molar-refractivity contribution is 7.98. The van der Waals surface area contributed by atoms with Crippen molar-refractivity contribution in [2.24, 2.45) is 0 Å². The number of nitrogens with zero attached hydrogens (tertiary/aromatic N) is 2. The third kappa shape index (κ3) is 4.16. The van der Waals surface area contributed by atoms with Gasteiger partial charge in [0, 0.05) is 22.6 Å². The second kappa shape index (κ2) is 9.68. The molecule has 0 spiro atoms. The van der Waals surface area contributed by atoms with Crippen molar-refractivity contribution in [3.63, 3.8) is 0 Å². The largest absolute Gasteiger partial charge is 0.469 e. The fourth-order valence-electron chi connectivity index (χ4n) is 4.72. The number of ether oxygens (including phenoxy) is 3. The van der Waals surface area contributed by atoms with Gasteiger partial charge in [0.25, 0.3) is 0 Å². The maximum Gasteiger partial charge on any atom is 0.209 e. The Morgan fingerprint density at radius 3 is 2.33 bits per heavy atom. The summed E-state index contributed by atoms with van der Waals surface area (Å²) < 4.78 is 47.4. The molecule has 0 aliphatic carbocycles. The molecule has 1 N–H and O–H groups in total. The molecule has 0 saturated carbocycles.